The molecule has 0 radical (unpaired) electrons. The highest BCUT2D eigenvalue weighted by Crippen LogP contribution is 2.44. The normalized spacial score (nSPS) is 23.9. The fraction of sp³-hybridized carbons (Fsp3) is 0.667. The van der Waals surface area contributed by atoms with Crippen molar-refractivity contribution in [3.05, 3.63) is 23.8 Å². The molecular formula is C18H28O3. The summed E-state index contributed by atoms with van der Waals surface area (Å²) >= 11 is 0. The quantitative estimate of drug-likeness (QED) is 0.884. The van der Waals surface area contributed by atoms with Crippen LogP contribution in [0.5, 0.6) is 11.5 Å². The molecule has 1 unspecified atom stereocenters. The molecular weight excluding hydrogens is 264 g/mol. The van der Waals surface area contributed by atoms with Crippen molar-refractivity contribution in [3.63, 3.8) is 0 Å². The highest BCUT2D eigenvalue weighted by atomic mass is 16.5. The van der Waals surface area contributed by atoms with Crippen LogP contribution in [0.3, 0.4) is 0 Å². The zero-order valence-electron chi connectivity index (χ0n) is 13.6. The molecule has 3 nitrogen and oxygen atoms in total. The predicted octanol–water partition coefficient (Wildman–Crippen LogP) is 4.20. The molecule has 3 heteroatoms. The molecule has 1 aromatic carbocycles. The van der Waals surface area contributed by atoms with Crippen LogP contribution in [0.25, 0.3) is 0 Å². The minimum absolute atomic E-state index is 0.296. The van der Waals surface area contributed by atoms with Gasteiger partial charge in [0.15, 0.2) is 0 Å². The first-order valence-electron chi connectivity index (χ1n) is 7.97. The number of rotatable bonds is 5. The summed E-state index contributed by atoms with van der Waals surface area (Å²) in [6.07, 6.45) is 4.05. The van der Waals surface area contributed by atoms with E-state index in [0.29, 0.717) is 17.4 Å². The van der Waals surface area contributed by atoms with Crippen LogP contribution in [0.1, 0.15) is 51.2 Å². The van der Waals surface area contributed by atoms with Gasteiger partial charge in [-0.1, -0.05) is 19.9 Å². The van der Waals surface area contributed by atoms with E-state index < -0.39 is 6.10 Å². The van der Waals surface area contributed by atoms with Crippen LogP contribution in [0.15, 0.2) is 18.2 Å². The van der Waals surface area contributed by atoms with E-state index in [1.807, 2.05) is 18.2 Å². The van der Waals surface area contributed by atoms with Gasteiger partial charge < -0.3 is 14.6 Å². The molecule has 1 aliphatic carbocycles. The first kappa shape index (κ1) is 16.2. The Balaban J connectivity index is 2.15. The third-order valence-electron chi connectivity index (χ3n) is 4.97. The van der Waals surface area contributed by atoms with Crippen LogP contribution in [0.2, 0.25) is 0 Å². The lowest BCUT2D eigenvalue weighted by Gasteiger charge is -2.34. The number of ether oxygens (including phenoxy) is 2. The molecule has 1 fully saturated rings. The van der Waals surface area contributed by atoms with Gasteiger partial charge in [0.25, 0.3) is 0 Å². The largest absolute Gasteiger partial charge is 0.496 e. The summed E-state index contributed by atoms with van der Waals surface area (Å²) in [6, 6.07) is 5.67. The highest BCUT2D eigenvalue weighted by molar-refractivity contribution is 5.46. The minimum atomic E-state index is -0.510. The van der Waals surface area contributed by atoms with Gasteiger partial charge in [-0.15, -0.1) is 0 Å². The Morgan fingerprint density at radius 2 is 1.43 bits per heavy atom. The molecule has 0 aromatic heterocycles. The van der Waals surface area contributed by atoms with E-state index in [9.17, 15) is 5.11 Å². The highest BCUT2D eigenvalue weighted by Gasteiger charge is 2.31. The number of hydrogen-bond donors (Lipinski definition) is 1. The summed E-state index contributed by atoms with van der Waals surface area (Å²) in [6.45, 7) is 4.59. The number of aliphatic hydroxyl groups is 1. The van der Waals surface area contributed by atoms with Crippen LogP contribution >= 0.6 is 0 Å². The molecule has 1 aromatic rings. The fourth-order valence-electron chi connectivity index (χ4n) is 3.53. The lowest BCUT2D eigenvalue weighted by molar-refractivity contribution is 0.0629. The van der Waals surface area contributed by atoms with Crippen molar-refractivity contribution in [1.82, 2.24) is 0 Å². The van der Waals surface area contributed by atoms with Crippen LogP contribution in [-0.4, -0.2) is 19.3 Å². The smallest absolute Gasteiger partial charge is 0.128 e. The van der Waals surface area contributed by atoms with Crippen molar-refractivity contribution in [2.75, 3.05) is 14.2 Å². The summed E-state index contributed by atoms with van der Waals surface area (Å²) in [5, 5.41) is 10.8. The minimum Gasteiger partial charge on any atom is -0.496 e. The Morgan fingerprint density at radius 3 is 1.86 bits per heavy atom. The maximum atomic E-state index is 10.8. The van der Waals surface area contributed by atoms with Crippen molar-refractivity contribution in [2.24, 2.45) is 17.8 Å². The molecule has 21 heavy (non-hydrogen) atoms. The molecule has 118 valence electrons. The SMILES string of the molecule is COc1cccc(OC)c1C(O)C1CCC(C(C)C)CC1. The maximum Gasteiger partial charge on any atom is 0.128 e. The maximum absolute atomic E-state index is 10.8. The predicted molar refractivity (Wildman–Crippen MR) is 84.8 cm³/mol. The monoisotopic (exact) mass is 292 g/mol. The van der Waals surface area contributed by atoms with Crippen LogP contribution in [-0.2, 0) is 0 Å². The van der Waals surface area contributed by atoms with E-state index in [2.05, 4.69) is 13.8 Å². The Kier molecular flexibility index (Phi) is 5.51. The van der Waals surface area contributed by atoms with E-state index >= 15 is 0 Å². The van der Waals surface area contributed by atoms with Crippen LogP contribution in [0, 0.1) is 17.8 Å². The van der Waals surface area contributed by atoms with Crippen molar-refractivity contribution >= 4 is 0 Å². The van der Waals surface area contributed by atoms with Gasteiger partial charge in [0, 0.05) is 0 Å². The second-order valence-electron chi connectivity index (χ2n) is 6.44. The van der Waals surface area contributed by atoms with Gasteiger partial charge in [-0.05, 0) is 55.6 Å². The van der Waals surface area contributed by atoms with Gasteiger partial charge in [0.05, 0.1) is 25.9 Å². The van der Waals surface area contributed by atoms with Crippen molar-refractivity contribution in [2.45, 2.75) is 45.6 Å². The van der Waals surface area contributed by atoms with Gasteiger partial charge in [0.1, 0.15) is 11.5 Å². The van der Waals surface area contributed by atoms with Crippen molar-refractivity contribution < 1.29 is 14.6 Å². The Hall–Kier alpha value is -1.22. The zero-order chi connectivity index (χ0) is 15.4. The standard InChI is InChI=1S/C18H28O3/c1-12(2)13-8-10-14(11-9-13)18(19)17-15(20-3)6-5-7-16(17)21-4/h5-7,12-14,18-19H,8-11H2,1-4H3. The summed E-state index contributed by atoms with van der Waals surface area (Å²) in [5.74, 6) is 3.27. The first-order chi connectivity index (χ1) is 10.1. The van der Waals surface area contributed by atoms with E-state index in [1.54, 1.807) is 14.2 Å². The molecule has 2 rings (SSSR count). The lowest BCUT2D eigenvalue weighted by Crippen LogP contribution is -2.23. The molecule has 1 aliphatic rings. The summed E-state index contributed by atoms with van der Waals surface area (Å²) in [4.78, 5) is 0. The molecule has 0 saturated heterocycles. The molecule has 0 heterocycles. The van der Waals surface area contributed by atoms with E-state index in [1.165, 1.54) is 12.8 Å². The Morgan fingerprint density at radius 1 is 0.952 bits per heavy atom. The topological polar surface area (TPSA) is 38.7 Å². The third-order valence-corrected chi connectivity index (χ3v) is 4.97. The molecule has 1 saturated carbocycles. The molecule has 0 spiro atoms. The van der Waals surface area contributed by atoms with Crippen molar-refractivity contribution in [1.29, 1.82) is 0 Å². The third kappa shape index (κ3) is 3.52. The van der Waals surface area contributed by atoms with Crippen LogP contribution in [0.4, 0.5) is 0 Å². The van der Waals surface area contributed by atoms with E-state index in [0.717, 1.165) is 30.2 Å². The van der Waals surface area contributed by atoms with Gasteiger partial charge in [-0.25, -0.2) is 0 Å². The second kappa shape index (κ2) is 7.17. The Bertz CT molecular complexity index is 426. The van der Waals surface area contributed by atoms with E-state index in [4.69, 9.17) is 9.47 Å². The van der Waals surface area contributed by atoms with Gasteiger partial charge in [-0.3, -0.25) is 0 Å². The Labute approximate surface area is 128 Å². The van der Waals surface area contributed by atoms with Gasteiger partial charge >= 0.3 is 0 Å². The summed E-state index contributed by atoms with van der Waals surface area (Å²) in [5.41, 5.74) is 0.801. The van der Waals surface area contributed by atoms with Crippen molar-refractivity contribution in [3.8, 4) is 11.5 Å². The van der Waals surface area contributed by atoms with Crippen LogP contribution < -0.4 is 9.47 Å². The second-order valence-corrected chi connectivity index (χ2v) is 6.44. The molecule has 1 N–H and O–H groups in total. The molecule has 1 atom stereocenters. The molecule has 0 aliphatic heterocycles. The van der Waals surface area contributed by atoms with Gasteiger partial charge in [-0.2, -0.15) is 0 Å². The zero-order valence-corrected chi connectivity index (χ0v) is 13.6. The number of methoxy groups -OCH3 is 2. The van der Waals surface area contributed by atoms with Gasteiger partial charge in [0.2, 0.25) is 0 Å². The summed E-state index contributed by atoms with van der Waals surface area (Å²) < 4.78 is 10.8. The number of hydrogen-bond acceptors (Lipinski definition) is 3. The average molecular weight is 292 g/mol. The lowest BCUT2D eigenvalue weighted by atomic mass is 9.74. The van der Waals surface area contributed by atoms with E-state index in [-0.39, 0.29) is 0 Å². The molecule has 0 amide bonds. The average Bonchev–Trinajstić information content (AvgIpc) is 2.53. The number of benzene rings is 1. The first-order valence-corrected chi connectivity index (χ1v) is 7.97. The number of aliphatic hydroxyl groups excluding tert-OH is 1. The fourth-order valence-corrected chi connectivity index (χ4v) is 3.53. The summed E-state index contributed by atoms with van der Waals surface area (Å²) in [7, 11) is 3.28. The molecule has 0 bridgehead atoms.